The minimum absolute atomic E-state index is 0.0184. The first-order valence-corrected chi connectivity index (χ1v) is 9.97. The van der Waals surface area contributed by atoms with Gasteiger partial charge in [-0.25, -0.2) is 4.39 Å². The summed E-state index contributed by atoms with van der Waals surface area (Å²) in [5.41, 5.74) is 2.16. The van der Waals surface area contributed by atoms with Gasteiger partial charge in [-0.3, -0.25) is 9.69 Å². The molecule has 0 bridgehead atoms. The third kappa shape index (κ3) is 5.80. The third-order valence-corrected chi connectivity index (χ3v) is 5.17. The molecule has 0 aromatic heterocycles. The van der Waals surface area contributed by atoms with Crippen molar-refractivity contribution in [2.45, 2.75) is 39.3 Å². The van der Waals surface area contributed by atoms with Gasteiger partial charge in [-0.15, -0.1) is 0 Å². The number of rotatable bonds is 7. The van der Waals surface area contributed by atoms with E-state index >= 15 is 0 Å². The molecule has 28 heavy (non-hydrogen) atoms. The molecule has 0 aliphatic carbocycles. The fraction of sp³-hybridized carbons (Fsp3) is 0.435. The molecule has 4 nitrogen and oxygen atoms in total. The van der Waals surface area contributed by atoms with Gasteiger partial charge < -0.3 is 10.1 Å². The number of piperidine rings is 1. The summed E-state index contributed by atoms with van der Waals surface area (Å²) in [6.07, 6.45) is 1.89. The number of nitrogens with one attached hydrogen (secondary N) is 1. The maximum Gasteiger partial charge on any atom is 0.224 e. The van der Waals surface area contributed by atoms with E-state index in [0.29, 0.717) is 6.61 Å². The molecule has 0 radical (unpaired) electrons. The predicted octanol–water partition coefficient (Wildman–Crippen LogP) is 3.93. The van der Waals surface area contributed by atoms with Gasteiger partial charge in [-0.2, -0.15) is 0 Å². The normalized spacial score (nSPS) is 18.5. The molecule has 1 aliphatic heterocycles. The molecule has 150 valence electrons. The lowest BCUT2D eigenvalue weighted by Gasteiger charge is -2.32. The zero-order valence-electron chi connectivity index (χ0n) is 16.7. The number of hydrogen-bond acceptors (Lipinski definition) is 3. The van der Waals surface area contributed by atoms with Crippen molar-refractivity contribution in [1.82, 2.24) is 10.2 Å². The van der Waals surface area contributed by atoms with E-state index in [2.05, 4.69) is 10.2 Å². The highest BCUT2D eigenvalue weighted by Gasteiger charge is 2.26. The molecule has 2 aromatic rings. The van der Waals surface area contributed by atoms with Crippen molar-refractivity contribution < 1.29 is 13.9 Å². The number of ether oxygens (including phenoxy) is 1. The Labute approximate surface area is 166 Å². The molecule has 2 atom stereocenters. The fourth-order valence-corrected chi connectivity index (χ4v) is 3.60. The van der Waals surface area contributed by atoms with Gasteiger partial charge in [0.2, 0.25) is 5.91 Å². The van der Waals surface area contributed by atoms with Crippen molar-refractivity contribution in [3.8, 4) is 5.75 Å². The first kappa shape index (κ1) is 20.3. The lowest BCUT2D eigenvalue weighted by molar-refractivity contribution is -0.127. The lowest BCUT2D eigenvalue weighted by Crippen LogP contribution is -2.46. The summed E-state index contributed by atoms with van der Waals surface area (Å²) in [5, 5.41) is 3.09. The van der Waals surface area contributed by atoms with Crippen LogP contribution in [0.1, 0.15) is 30.9 Å². The topological polar surface area (TPSA) is 41.6 Å². The molecule has 1 amide bonds. The van der Waals surface area contributed by atoms with Crippen LogP contribution in [-0.2, 0) is 11.3 Å². The van der Waals surface area contributed by atoms with Crippen LogP contribution in [0.4, 0.5) is 4.39 Å². The summed E-state index contributed by atoms with van der Waals surface area (Å²) in [4.78, 5) is 15.0. The second-order valence-corrected chi connectivity index (χ2v) is 7.69. The molecule has 5 heteroatoms. The maximum atomic E-state index is 13.1. The largest absolute Gasteiger partial charge is 0.491 e. The Morgan fingerprint density at radius 2 is 2.00 bits per heavy atom. The van der Waals surface area contributed by atoms with Gasteiger partial charge in [0.15, 0.2) is 0 Å². The van der Waals surface area contributed by atoms with Gasteiger partial charge in [0, 0.05) is 13.1 Å². The van der Waals surface area contributed by atoms with Crippen molar-refractivity contribution >= 4 is 5.91 Å². The van der Waals surface area contributed by atoms with Crippen molar-refractivity contribution in [2.24, 2.45) is 5.92 Å². The van der Waals surface area contributed by atoms with E-state index in [-0.39, 0.29) is 23.7 Å². The number of benzene rings is 2. The fourth-order valence-electron chi connectivity index (χ4n) is 3.60. The van der Waals surface area contributed by atoms with Gasteiger partial charge in [-0.05, 0) is 62.6 Å². The molecule has 1 saturated heterocycles. The first-order chi connectivity index (χ1) is 13.5. The smallest absolute Gasteiger partial charge is 0.224 e. The highest BCUT2D eigenvalue weighted by atomic mass is 19.1. The van der Waals surface area contributed by atoms with Crippen molar-refractivity contribution in [3.63, 3.8) is 0 Å². The van der Waals surface area contributed by atoms with Crippen LogP contribution >= 0.6 is 0 Å². The standard InChI is InChI=1S/C23H29FN2O2/c1-17-6-3-4-8-22(17)28-16-18(2)25-23(27)20-7-5-13-26(15-20)14-19-9-11-21(24)12-10-19/h3-4,6,8-12,18,20H,5,7,13-16H2,1-2H3,(H,25,27). The van der Waals surface area contributed by atoms with Crippen molar-refractivity contribution in [2.75, 3.05) is 19.7 Å². The van der Waals surface area contributed by atoms with Gasteiger partial charge in [0.05, 0.1) is 12.0 Å². The van der Waals surface area contributed by atoms with Crippen LogP contribution in [0.2, 0.25) is 0 Å². The second-order valence-electron chi connectivity index (χ2n) is 7.69. The number of halogens is 1. The second kappa shape index (κ2) is 9.69. The van der Waals surface area contributed by atoms with E-state index in [1.54, 1.807) is 0 Å². The lowest BCUT2D eigenvalue weighted by atomic mass is 9.96. The number of aryl methyl sites for hydroxylation is 1. The van der Waals surface area contributed by atoms with Crippen molar-refractivity contribution in [1.29, 1.82) is 0 Å². The van der Waals surface area contributed by atoms with Crippen LogP contribution in [0.5, 0.6) is 5.75 Å². The monoisotopic (exact) mass is 384 g/mol. The summed E-state index contributed by atoms with van der Waals surface area (Å²) < 4.78 is 18.9. The number of carbonyl (C=O) groups is 1. The Hall–Kier alpha value is -2.40. The van der Waals surface area contributed by atoms with Crippen LogP contribution in [0.25, 0.3) is 0 Å². The number of amides is 1. The molecule has 0 saturated carbocycles. The van der Waals surface area contributed by atoms with Crippen LogP contribution in [-0.4, -0.2) is 36.5 Å². The summed E-state index contributed by atoms with van der Waals surface area (Å²) in [6.45, 7) is 6.87. The SMILES string of the molecule is Cc1ccccc1OCC(C)NC(=O)C1CCCN(Cc2ccc(F)cc2)C1. The molecule has 1 N–H and O–H groups in total. The summed E-state index contributed by atoms with van der Waals surface area (Å²) in [7, 11) is 0. The number of hydrogen-bond donors (Lipinski definition) is 1. The van der Waals surface area contributed by atoms with E-state index in [1.165, 1.54) is 12.1 Å². The average Bonchev–Trinajstić information content (AvgIpc) is 2.69. The Morgan fingerprint density at radius 3 is 2.75 bits per heavy atom. The minimum Gasteiger partial charge on any atom is -0.491 e. The van der Waals surface area contributed by atoms with Crippen molar-refractivity contribution in [3.05, 3.63) is 65.5 Å². The van der Waals surface area contributed by atoms with Gasteiger partial charge in [0.25, 0.3) is 0 Å². The van der Waals surface area contributed by atoms with Crippen LogP contribution < -0.4 is 10.1 Å². The Bertz CT molecular complexity index is 778. The van der Waals surface area contributed by atoms with Crippen LogP contribution in [0.15, 0.2) is 48.5 Å². The molecule has 2 aromatic carbocycles. The number of carbonyl (C=O) groups excluding carboxylic acids is 1. The third-order valence-electron chi connectivity index (χ3n) is 5.17. The Kier molecular flexibility index (Phi) is 7.04. The molecule has 3 rings (SSSR count). The van der Waals surface area contributed by atoms with E-state index < -0.39 is 0 Å². The summed E-state index contributed by atoms with van der Waals surface area (Å²) in [5.74, 6) is 0.702. The van der Waals surface area contributed by atoms with E-state index in [9.17, 15) is 9.18 Å². The van der Waals surface area contributed by atoms with Gasteiger partial charge in [0.1, 0.15) is 18.2 Å². The zero-order valence-corrected chi connectivity index (χ0v) is 16.7. The number of likely N-dealkylation sites (tertiary alicyclic amines) is 1. The maximum absolute atomic E-state index is 13.1. The molecule has 1 fully saturated rings. The highest BCUT2D eigenvalue weighted by molar-refractivity contribution is 5.79. The molecule has 0 spiro atoms. The molecule has 1 heterocycles. The molecular formula is C23H29FN2O2. The van der Waals surface area contributed by atoms with Gasteiger partial charge in [-0.1, -0.05) is 30.3 Å². The average molecular weight is 384 g/mol. The zero-order chi connectivity index (χ0) is 19.9. The summed E-state index contributed by atoms with van der Waals surface area (Å²) >= 11 is 0. The Balaban J connectivity index is 1.46. The van der Waals surface area contributed by atoms with E-state index in [0.717, 1.165) is 49.4 Å². The number of nitrogens with zero attached hydrogens (tertiary/aromatic N) is 1. The molecular weight excluding hydrogens is 355 g/mol. The van der Waals surface area contributed by atoms with Crippen LogP contribution in [0.3, 0.4) is 0 Å². The predicted molar refractivity (Wildman–Crippen MR) is 109 cm³/mol. The van der Waals surface area contributed by atoms with Gasteiger partial charge >= 0.3 is 0 Å². The Morgan fingerprint density at radius 1 is 1.25 bits per heavy atom. The van der Waals surface area contributed by atoms with E-state index in [4.69, 9.17) is 4.74 Å². The minimum atomic E-state index is -0.221. The number of para-hydroxylation sites is 1. The quantitative estimate of drug-likeness (QED) is 0.786. The molecule has 2 unspecified atom stereocenters. The van der Waals surface area contributed by atoms with E-state index in [1.807, 2.05) is 50.2 Å². The highest BCUT2D eigenvalue weighted by Crippen LogP contribution is 2.20. The first-order valence-electron chi connectivity index (χ1n) is 9.97. The van der Waals surface area contributed by atoms with Crippen LogP contribution in [0, 0.1) is 18.7 Å². The summed E-state index contributed by atoms with van der Waals surface area (Å²) in [6, 6.07) is 14.4. The molecule has 1 aliphatic rings.